The predicted octanol–water partition coefficient (Wildman–Crippen LogP) is 2.75. The molecule has 7 nitrogen and oxygen atoms in total. The average molecular weight is 583 g/mol. The van der Waals surface area contributed by atoms with Crippen LogP contribution in [-0.2, 0) is 11.9 Å². The van der Waals surface area contributed by atoms with Crippen molar-refractivity contribution in [2.75, 3.05) is 16.3 Å². The minimum Gasteiger partial charge on any atom is -0.394 e. The number of benzene rings is 1. The van der Waals surface area contributed by atoms with Crippen LogP contribution in [0.1, 0.15) is 21.5 Å². The van der Waals surface area contributed by atoms with Gasteiger partial charge >= 0.3 is 0 Å². The number of hydroxylamine groups is 1. The van der Waals surface area contributed by atoms with E-state index in [0.29, 0.717) is 16.9 Å². The molecule has 1 aromatic heterocycles. The molecule has 0 aliphatic rings. The number of aliphatic hydroxyl groups excluding tert-OH is 1. The topological polar surface area (TPSA) is 83.8 Å². The summed E-state index contributed by atoms with van der Waals surface area (Å²) in [6.07, 6.45) is 0. The Balaban J connectivity index is 2.56. The number of rotatable bonds is 6. The zero-order valence-corrected chi connectivity index (χ0v) is 18.9. The molecule has 0 aliphatic carbocycles. The van der Waals surface area contributed by atoms with E-state index in [1.165, 1.54) is 4.57 Å². The molecular weight excluding hydrogens is 564 g/mol. The summed E-state index contributed by atoms with van der Waals surface area (Å²) in [7, 11) is 1.63. The summed E-state index contributed by atoms with van der Waals surface area (Å²) in [5.74, 6) is -0.0485. The lowest BCUT2D eigenvalue weighted by atomic mass is 10.1. The minimum absolute atomic E-state index is 0.0179. The Morgan fingerprint density at radius 3 is 2.62 bits per heavy atom. The third-order valence-corrected chi connectivity index (χ3v) is 5.37. The summed E-state index contributed by atoms with van der Waals surface area (Å²) in [5, 5.41) is 8.79. The molecule has 1 amide bonds. The van der Waals surface area contributed by atoms with Crippen molar-refractivity contribution in [1.82, 2.24) is 10.0 Å². The van der Waals surface area contributed by atoms with Gasteiger partial charge in [-0.05, 0) is 66.3 Å². The molecule has 2 N–H and O–H groups in total. The Labute approximate surface area is 178 Å². The molecule has 26 heavy (non-hydrogen) atoms. The number of aromatic nitrogens is 1. The van der Waals surface area contributed by atoms with E-state index in [-0.39, 0.29) is 18.8 Å². The van der Waals surface area contributed by atoms with Crippen LogP contribution < -0.4 is 14.2 Å². The Kier molecular flexibility index (Phi) is 7.43. The zero-order chi connectivity index (χ0) is 19.4. The fourth-order valence-corrected chi connectivity index (χ4v) is 4.23. The van der Waals surface area contributed by atoms with Gasteiger partial charge in [0, 0.05) is 16.2 Å². The normalized spacial score (nSPS) is 10.7. The number of aliphatic hydroxyl groups is 1. The number of aryl methyl sites for hydroxylation is 2. The van der Waals surface area contributed by atoms with E-state index in [0.717, 1.165) is 14.8 Å². The highest BCUT2D eigenvalue weighted by Crippen LogP contribution is 2.34. The van der Waals surface area contributed by atoms with Gasteiger partial charge in [0.05, 0.1) is 47.3 Å². The van der Waals surface area contributed by atoms with Gasteiger partial charge in [0.15, 0.2) is 0 Å². The van der Waals surface area contributed by atoms with Gasteiger partial charge in [-0.25, -0.2) is 5.48 Å². The number of halogens is 2. The minimum atomic E-state index is -0.489. The van der Waals surface area contributed by atoms with Crippen LogP contribution in [0.5, 0.6) is 0 Å². The summed E-state index contributed by atoms with van der Waals surface area (Å²) in [6.45, 7) is 3.40. The van der Waals surface area contributed by atoms with Gasteiger partial charge in [-0.15, -0.1) is 0 Å². The molecule has 140 valence electrons. The summed E-state index contributed by atoms with van der Waals surface area (Å²) in [4.78, 5) is 29.9. The highest BCUT2D eigenvalue weighted by atomic mass is 127. The maximum Gasteiger partial charge on any atom is 0.278 e. The molecule has 0 radical (unpaired) electrons. The lowest BCUT2D eigenvalue weighted by Crippen LogP contribution is -2.31. The maximum absolute atomic E-state index is 12.6. The molecule has 0 spiro atoms. The number of nitrogens with zero attached hydrogens (tertiary/aromatic N) is 2. The summed E-state index contributed by atoms with van der Waals surface area (Å²) in [6, 6.07) is 7.48. The van der Waals surface area contributed by atoms with Crippen molar-refractivity contribution in [3.05, 3.63) is 54.9 Å². The van der Waals surface area contributed by atoms with E-state index in [1.54, 1.807) is 23.2 Å². The summed E-state index contributed by atoms with van der Waals surface area (Å²) in [5.41, 5.74) is 4.75. The summed E-state index contributed by atoms with van der Waals surface area (Å²) >= 11 is 4.31. The first-order valence-electron chi connectivity index (χ1n) is 7.73. The smallest absolute Gasteiger partial charge is 0.278 e. The molecular formula is C17H19I2N3O4. The fourth-order valence-electron chi connectivity index (χ4n) is 2.46. The van der Waals surface area contributed by atoms with E-state index >= 15 is 0 Å². The number of hydrogen-bond donors (Lipinski definition) is 2. The Hall–Kier alpha value is -1.18. The van der Waals surface area contributed by atoms with Crippen molar-refractivity contribution in [1.29, 1.82) is 0 Å². The lowest BCUT2D eigenvalue weighted by molar-refractivity contribution is 0.0168. The van der Waals surface area contributed by atoms with Crippen molar-refractivity contribution in [2.24, 2.45) is 7.05 Å². The predicted molar refractivity (Wildman–Crippen MR) is 117 cm³/mol. The van der Waals surface area contributed by atoms with Gasteiger partial charge in [0.1, 0.15) is 5.82 Å². The van der Waals surface area contributed by atoms with E-state index in [1.807, 2.05) is 25.1 Å². The van der Waals surface area contributed by atoms with Crippen molar-refractivity contribution in [2.45, 2.75) is 13.8 Å². The quantitative estimate of drug-likeness (QED) is 0.237. The largest absolute Gasteiger partial charge is 0.394 e. The van der Waals surface area contributed by atoms with Crippen molar-refractivity contribution >= 4 is 62.9 Å². The second-order valence-electron chi connectivity index (χ2n) is 5.64. The summed E-state index contributed by atoms with van der Waals surface area (Å²) < 4.78 is 4.33. The third kappa shape index (κ3) is 4.56. The molecule has 0 unspecified atom stereocenters. The van der Waals surface area contributed by atoms with Gasteiger partial charge in [0.2, 0.25) is 0 Å². The maximum atomic E-state index is 12.6. The number of pyridine rings is 1. The van der Waals surface area contributed by atoms with Gasteiger partial charge in [-0.2, -0.15) is 0 Å². The van der Waals surface area contributed by atoms with Crippen LogP contribution in [0.2, 0.25) is 0 Å². The standard InChI is InChI=1S/C17H19I2N3O4/c1-10-8-12(18)4-5-14(10)22(19)16-13(15(24)20-26-7-6-23)9-11(2)17(25)21(16)3/h4-5,8-9,23H,6-7H2,1-3H3,(H,20,24). The van der Waals surface area contributed by atoms with Gasteiger partial charge in [-0.1, -0.05) is 0 Å². The van der Waals surface area contributed by atoms with E-state index in [2.05, 4.69) is 50.9 Å². The molecule has 0 aliphatic heterocycles. The molecule has 1 heterocycles. The Morgan fingerprint density at radius 1 is 1.31 bits per heavy atom. The zero-order valence-electron chi connectivity index (χ0n) is 14.5. The third-order valence-electron chi connectivity index (χ3n) is 3.72. The van der Waals surface area contributed by atoms with Crippen LogP contribution in [0.3, 0.4) is 0 Å². The van der Waals surface area contributed by atoms with Gasteiger partial charge in [-0.3, -0.25) is 22.1 Å². The molecule has 0 bridgehead atoms. The van der Waals surface area contributed by atoms with E-state index in [9.17, 15) is 9.59 Å². The van der Waals surface area contributed by atoms with Gasteiger partial charge in [0.25, 0.3) is 11.5 Å². The lowest BCUT2D eigenvalue weighted by Gasteiger charge is -2.24. The Morgan fingerprint density at radius 2 is 2.00 bits per heavy atom. The molecule has 2 aromatic rings. The molecule has 2 rings (SSSR count). The number of hydrogen-bond acceptors (Lipinski definition) is 5. The number of nitrogens with one attached hydrogen (secondary N) is 1. The molecule has 1 aromatic carbocycles. The second-order valence-corrected chi connectivity index (χ2v) is 7.85. The van der Waals surface area contributed by atoms with Crippen LogP contribution in [0.15, 0.2) is 29.1 Å². The number of carbonyl (C=O) groups excluding carboxylic acids is 1. The highest BCUT2D eigenvalue weighted by molar-refractivity contribution is 14.1. The van der Waals surface area contributed by atoms with Crippen LogP contribution in [-0.4, -0.2) is 28.8 Å². The highest BCUT2D eigenvalue weighted by Gasteiger charge is 2.23. The first-order chi connectivity index (χ1) is 12.3. The number of carbonyl (C=O) groups is 1. The monoisotopic (exact) mass is 583 g/mol. The average Bonchev–Trinajstić information content (AvgIpc) is 2.59. The second kappa shape index (κ2) is 9.15. The van der Waals surface area contributed by atoms with Crippen LogP contribution in [0.25, 0.3) is 0 Å². The first-order valence-corrected chi connectivity index (χ1v) is 9.78. The molecule has 9 heteroatoms. The first kappa shape index (κ1) is 21.1. The number of anilines is 2. The van der Waals surface area contributed by atoms with E-state index in [4.69, 9.17) is 9.94 Å². The molecule has 0 fully saturated rings. The van der Waals surface area contributed by atoms with Crippen LogP contribution in [0, 0.1) is 17.4 Å². The SMILES string of the molecule is Cc1cc(I)ccc1N(I)c1c(C(=O)NOCCO)cc(C)c(=O)n1C. The van der Waals surface area contributed by atoms with Gasteiger partial charge < -0.3 is 5.11 Å². The van der Waals surface area contributed by atoms with Crippen molar-refractivity contribution in [3.8, 4) is 0 Å². The fraction of sp³-hybridized carbons (Fsp3) is 0.294. The van der Waals surface area contributed by atoms with Crippen molar-refractivity contribution in [3.63, 3.8) is 0 Å². The van der Waals surface area contributed by atoms with E-state index < -0.39 is 5.91 Å². The molecule has 0 atom stereocenters. The molecule has 0 saturated heterocycles. The Bertz CT molecular complexity index is 883. The number of amides is 1. The van der Waals surface area contributed by atoms with Crippen molar-refractivity contribution < 1.29 is 14.7 Å². The van der Waals surface area contributed by atoms with Crippen LogP contribution >= 0.6 is 45.5 Å². The molecule has 0 saturated carbocycles. The van der Waals surface area contributed by atoms with Crippen LogP contribution in [0.4, 0.5) is 11.5 Å².